The van der Waals surface area contributed by atoms with Crippen molar-refractivity contribution in [2.75, 3.05) is 19.6 Å². The summed E-state index contributed by atoms with van der Waals surface area (Å²) in [4.78, 5) is 43.6. The molecule has 1 aliphatic heterocycles. The summed E-state index contributed by atoms with van der Waals surface area (Å²) < 4.78 is 0. The van der Waals surface area contributed by atoms with Crippen LogP contribution in [0.5, 0.6) is 0 Å². The molecule has 1 aromatic rings. The van der Waals surface area contributed by atoms with E-state index in [0.29, 0.717) is 32.5 Å². The zero-order chi connectivity index (χ0) is 20.6. The van der Waals surface area contributed by atoms with Gasteiger partial charge in [-0.05, 0) is 37.3 Å². The lowest BCUT2D eigenvalue weighted by atomic mass is 9.84. The van der Waals surface area contributed by atoms with E-state index in [9.17, 15) is 14.4 Å². The molecular formula is C22H33N3O3. The number of carbonyl (C=O) groups is 3. The highest BCUT2D eigenvalue weighted by atomic mass is 16.2. The number of Topliss-reactive ketones (excluding diaryl/α,β-unsaturated/α-hetero) is 2. The first kappa shape index (κ1) is 22.2. The largest absolute Gasteiger partial charge is 0.323 e. The summed E-state index contributed by atoms with van der Waals surface area (Å²) in [7, 11) is 0. The van der Waals surface area contributed by atoms with Crippen molar-refractivity contribution < 1.29 is 14.4 Å². The summed E-state index contributed by atoms with van der Waals surface area (Å²) in [6.45, 7) is 6.92. The number of hydrogen-bond acceptors (Lipinski definition) is 5. The van der Waals surface area contributed by atoms with Gasteiger partial charge in [-0.2, -0.15) is 0 Å². The molecule has 0 aromatic carbocycles. The second-order valence-corrected chi connectivity index (χ2v) is 8.17. The van der Waals surface area contributed by atoms with Crippen LogP contribution in [0.2, 0.25) is 0 Å². The topological polar surface area (TPSA) is 79.4 Å². The molecule has 28 heavy (non-hydrogen) atoms. The molecule has 1 aliphatic rings. The fourth-order valence-electron chi connectivity index (χ4n) is 3.33. The van der Waals surface area contributed by atoms with Gasteiger partial charge in [-0.25, -0.2) is 0 Å². The highest BCUT2D eigenvalue weighted by Gasteiger charge is 2.39. The maximum absolute atomic E-state index is 12.7. The van der Waals surface area contributed by atoms with E-state index in [1.807, 2.05) is 19.2 Å². The SMILES string of the molecule is CCC(C)(C)C(=O)C(=O)N1CCNCC1C(=O)CCCCCc1cccnc1. The lowest BCUT2D eigenvalue weighted by Crippen LogP contribution is -2.59. The molecule has 1 N–H and O–H groups in total. The summed E-state index contributed by atoms with van der Waals surface area (Å²) >= 11 is 0. The number of amides is 1. The molecule has 1 unspecified atom stereocenters. The van der Waals surface area contributed by atoms with Gasteiger partial charge in [0.05, 0.1) is 0 Å². The molecule has 1 saturated heterocycles. The molecule has 0 spiro atoms. The predicted molar refractivity (Wildman–Crippen MR) is 109 cm³/mol. The Hall–Kier alpha value is -2.08. The zero-order valence-electron chi connectivity index (χ0n) is 17.4. The first-order chi connectivity index (χ1) is 13.4. The van der Waals surface area contributed by atoms with Gasteiger partial charge < -0.3 is 10.2 Å². The molecule has 6 nitrogen and oxygen atoms in total. The number of aromatic nitrogens is 1. The second-order valence-electron chi connectivity index (χ2n) is 8.17. The molecular weight excluding hydrogens is 354 g/mol. The van der Waals surface area contributed by atoms with Crippen LogP contribution in [0.1, 0.15) is 58.4 Å². The third-order valence-corrected chi connectivity index (χ3v) is 5.68. The molecule has 6 heteroatoms. The molecule has 0 bridgehead atoms. The number of unbranched alkanes of at least 4 members (excludes halogenated alkanes) is 2. The van der Waals surface area contributed by atoms with Crippen LogP contribution < -0.4 is 5.32 Å². The number of piperazine rings is 1. The minimum absolute atomic E-state index is 0.0454. The van der Waals surface area contributed by atoms with Crippen LogP contribution in [0, 0.1) is 5.41 Å². The van der Waals surface area contributed by atoms with E-state index in [2.05, 4.69) is 16.4 Å². The van der Waals surface area contributed by atoms with E-state index < -0.39 is 23.1 Å². The first-order valence-electron chi connectivity index (χ1n) is 10.3. The van der Waals surface area contributed by atoms with Gasteiger partial charge in [0.2, 0.25) is 5.78 Å². The summed E-state index contributed by atoms with van der Waals surface area (Å²) in [5.41, 5.74) is 0.515. The van der Waals surface area contributed by atoms with Gasteiger partial charge in [0, 0.05) is 43.9 Å². The predicted octanol–water partition coefficient (Wildman–Crippen LogP) is 2.56. The fourth-order valence-corrected chi connectivity index (χ4v) is 3.33. The van der Waals surface area contributed by atoms with Crippen LogP contribution >= 0.6 is 0 Å². The molecule has 2 heterocycles. The van der Waals surface area contributed by atoms with Crippen molar-refractivity contribution in [3.05, 3.63) is 30.1 Å². The minimum atomic E-state index is -0.693. The van der Waals surface area contributed by atoms with Gasteiger partial charge in [-0.3, -0.25) is 19.4 Å². The number of nitrogens with zero attached hydrogens (tertiary/aromatic N) is 2. The molecule has 0 saturated carbocycles. The third-order valence-electron chi connectivity index (χ3n) is 5.68. The maximum Gasteiger partial charge on any atom is 0.291 e. The standard InChI is InChI=1S/C22H33N3O3/c1-4-22(2,3)20(27)21(28)25-14-13-24-16-18(25)19(26)11-7-5-6-9-17-10-8-12-23-15-17/h8,10,12,15,18,24H,4-7,9,11,13-14,16H2,1-3H3. The molecule has 1 amide bonds. The van der Waals surface area contributed by atoms with Gasteiger partial charge in [-0.15, -0.1) is 0 Å². The Kier molecular flexibility index (Phi) is 8.30. The van der Waals surface area contributed by atoms with Crippen molar-refractivity contribution in [3.63, 3.8) is 0 Å². The monoisotopic (exact) mass is 387 g/mol. The molecule has 154 valence electrons. The van der Waals surface area contributed by atoms with E-state index in [4.69, 9.17) is 0 Å². The average Bonchev–Trinajstić information content (AvgIpc) is 2.73. The quantitative estimate of drug-likeness (QED) is 0.493. The minimum Gasteiger partial charge on any atom is -0.323 e. The second kappa shape index (κ2) is 10.5. The van der Waals surface area contributed by atoms with Gasteiger partial charge in [0.25, 0.3) is 5.91 Å². The Labute approximate surface area is 168 Å². The lowest BCUT2D eigenvalue weighted by molar-refractivity contribution is -0.153. The van der Waals surface area contributed by atoms with Gasteiger partial charge >= 0.3 is 0 Å². The summed E-state index contributed by atoms with van der Waals surface area (Å²) in [5, 5.41) is 3.18. The van der Waals surface area contributed by atoms with Crippen LogP contribution in [0.25, 0.3) is 0 Å². The van der Waals surface area contributed by atoms with E-state index in [1.54, 1.807) is 20.0 Å². The van der Waals surface area contributed by atoms with Gasteiger partial charge in [-0.1, -0.05) is 33.3 Å². The Bertz CT molecular complexity index is 673. The van der Waals surface area contributed by atoms with Crippen LogP contribution in [-0.2, 0) is 20.8 Å². The van der Waals surface area contributed by atoms with Gasteiger partial charge in [0.15, 0.2) is 5.78 Å². The smallest absolute Gasteiger partial charge is 0.291 e. The van der Waals surface area contributed by atoms with E-state index in [-0.39, 0.29) is 5.78 Å². The van der Waals surface area contributed by atoms with Crippen molar-refractivity contribution in [2.45, 2.75) is 65.3 Å². The van der Waals surface area contributed by atoms with E-state index in [1.165, 1.54) is 10.5 Å². The summed E-state index contributed by atoms with van der Waals surface area (Å²) in [6, 6.07) is 3.46. The zero-order valence-corrected chi connectivity index (χ0v) is 17.4. The van der Waals surface area contributed by atoms with Crippen molar-refractivity contribution in [2.24, 2.45) is 5.41 Å². The van der Waals surface area contributed by atoms with Crippen LogP contribution in [-0.4, -0.2) is 53.0 Å². The number of carbonyl (C=O) groups excluding carboxylic acids is 3. The highest BCUT2D eigenvalue weighted by Crippen LogP contribution is 2.23. The lowest BCUT2D eigenvalue weighted by Gasteiger charge is -2.36. The number of aryl methyl sites for hydroxylation is 1. The molecule has 1 fully saturated rings. The molecule has 1 aromatic heterocycles. The van der Waals surface area contributed by atoms with E-state index in [0.717, 1.165) is 25.7 Å². The Morgan fingerprint density at radius 2 is 2.04 bits per heavy atom. The summed E-state index contributed by atoms with van der Waals surface area (Å²) in [6.07, 6.45) is 8.39. The van der Waals surface area contributed by atoms with Crippen molar-refractivity contribution in [1.29, 1.82) is 0 Å². The Balaban J connectivity index is 1.84. The van der Waals surface area contributed by atoms with Crippen molar-refractivity contribution in [3.8, 4) is 0 Å². The number of ketones is 2. The van der Waals surface area contributed by atoms with Crippen molar-refractivity contribution in [1.82, 2.24) is 15.2 Å². The number of rotatable bonds is 10. The molecule has 0 radical (unpaired) electrons. The summed E-state index contributed by atoms with van der Waals surface area (Å²) in [5.74, 6) is -0.863. The third kappa shape index (κ3) is 5.96. The van der Waals surface area contributed by atoms with Gasteiger partial charge in [0.1, 0.15) is 6.04 Å². The Morgan fingerprint density at radius 3 is 2.71 bits per heavy atom. The van der Waals surface area contributed by atoms with Crippen LogP contribution in [0.3, 0.4) is 0 Å². The van der Waals surface area contributed by atoms with Crippen LogP contribution in [0.15, 0.2) is 24.5 Å². The number of pyridine rings is 1. The molecule has 0 aliphatic carbocycles. The van der Waals surface area contributed by atoms with E-state index >= 15 is 0 Å². The highest BCUT2D eigenvalue weighted by molar-refractivity contribution is 6.38. The van der Waals surface area contributed by atoms with Crippen LogP contribution in [0.4, 0.5) is 0 Å². The maximum atomic E-state index is 12.7. The first-order valence-corrected chi connectivity index (χ1v) is 10.3. The molecule has 2 rings (SSSR count). The average molecular weight is 388 g/mol. The number of hydrogen-bond donors (Lipinski definition) is 1. The molecule has 1 atom stereocenters. The van der Waals surface area contributed by atoms with Crippen molar-refractivity contribution >= 4 is 17.5 Å². The fraction of sp³-hybridized carbons (Fsp3) is 0.636. The Morgan fingerprint density at radius 1 is 1.25 bits per heavy atom. The normalized spacial score (nSPS) is 17.4. The number of nitrogens with one attached hydrogen (secondary N) is 1.